The molecule has 1 aromatic rings. The summed E-state index contributed by atoms with van der Waals surface area (Å²) in [4.78, 5) is 4.33. The van der Waals surface area contributed by atoms with E-state index in [9.17, 15) is 0 Å². The molecule has 1 saturated heterocycles. The molecule has 0 aromatic carbocycles. The lowest BCUT2D eigenvalue weighted by Gasteiger charge is -2.23. The van der Waals surface area contributed by atoms with Gasteiger partial charge in [0, 0.05) is 30.6 Å². The van der Waals surface area contributed by atoms with Crippen molar-refractivity contribution in [2.75, 3.05) is 32.8 Å². The van der Waals surface area contributed by atoms with Crippen molar-refractivity contribution in [3.05, 3.63) is 16.6 Å². The van der Waals surface area contributed by atoms with Crippen LogP contribution in [0.25, 0.3) is 0 Å². The van der Waals surface area contributed by atoms with Crippen LogP contribution in [0.3, 0.4) is 0 Å². The van der Waals surface area contributed by atoms with E-state index in [-0.39, 0.29) is 0 Å². The Morgan fingerprint density at radius 1 is 1.56 bits per heavy atom. The van der Waals surface area contributed by atoms with Crippen molar-refractivity contribution in [3.63, 3.8) is 0 Å². The first-order chi connectivity index (χ1) is 8.86. The highest BCUT2D eigenvalue weighted by Crippen LogP contribution is 2.16. The molecule has 0 bridgehead atoms. The van der Waals surface area contributed by atoms with Gasteiger partial charge in [-0.25, -0.2) is 4.98 Å². The van der Waals surface area contributed by atoms with E-state index in [1.54, 1.807) is 11.3 Å². The number of thiazole rings is 1. The number of ether oxygens (including phenoxy) is 1. The SMILES string of the molecule is CC(CNCCOC1CCNCC1)c1nccs1. The van der Waals surface area contributed by atoms with Crippen molar-refractivity contribution >= 4 is 11.3 Å². The first-order valence-corrected chi connectivity index (χ1v) is 7.66. The van der Waals surface area contributed by atoms with Crippen molar-refractivity contribution in [2.45, 2.75) is 31.8 Å². The number of hydrogen-bond acceptors (Lipinski definition) is 5. The molecule has 102 valence electrons. The van der Waals surface area contributed by atoms with E-state index in [0.717, 1.165) is 45.6 Å². The summed E-state index contributed by atoms with van der Waals surface area (Å²) in [6.07, 6.45) is 4.63. The van der Waals surface area contributed by atoms with Crippen LogP contribution in [-0.2, 0) is 4.74 Å². The third kappa shape index (κ3) is 4.65. The van der Waals surface area contributed by atoms with Crippen LogP contribution in [0.4, 0.5) is 0 Å². The first-order valence-electron chi connectivity index (χ1n) is 6.78. The second-order valence-corrected chi connectivity index (χ2v) is 5.72. The molecule has 0 spiro atoms. The molecule has 4 nitrogen and oxygen atoms in total. The molecule has 0 amide bonds. The molecule has 5 heteroatoms. The topological polar surface area (TPSA) is 46.2 Å². The Morgan fingerprint density at radius 2 is 2.39 bits per heavy atom. The summed E-state index contributed by atoms with van der Waals surface area (Å²) in [6.45, 7) is 7.12. The van der Waals surface area contributed by atoms with Gasteiger partial charge >= 0.3 is 0 Å². The Morgan fingerprint density at radius 3 is 3.11 bits per heavy atom. The minimum absolute atomic E-state index is 0.462. The maximum atomic E-state index is 5.84. The number of rotatable bonds is 7. The van der Waals surface area contributed by atoms with Gasteiger partial charge in [0.1, 0.15) is 0 Å². The predicted octanol–water partition coefficient (Wildman–Crippen LogP) is 1.60. The fraction of sp³-hybridized carbons (Fsp3) is 0.769. The van der Waals surface area contributed by atoms with Crippen molar-refractivity contribution in [1.29, 1.82) is 0 Å². The van der Waals surface area contributed by atoms with E-state index in [1.165, 1.54) is 5.01 Å². The molecule has 1 unspecified atom stereocenters. The van der Waals surface area contributed by atoms with Crippen LogP contribution < -0.4 is 10.6 Å². The van der Waals surface area contributed by atoms with E-state index >= 15 is 0 Å². The highest BCUT2D eigenvalue weighted by Gasteiger charge is 2.12. The van der Waals surface area contributed by atoms with Crippen LogP contribution in [0, 0.1) is 0 Å². The molecule has 1 aromatic heterocycles. The van der Waals surface area contributed by atoms with Crippen LogP contribution >= 0.6 is 11.3 Å². The quantitative estimate of drug-likeness (QED) is 0.738. The molecule has 2 heterocycles. The molecule has 0 saturated carbocycles. The van der Waals surface area contributed by atoms with Gasteiger partial charge in [0.05, 0.1) is 17.7 Å². The van der Waals surface area contributed by atoms with Crippen molar-refractivity contribution in [3.8, 4) is 0 Å². The average molecular weight is 269 g/mol. The van der Waals surface area contributed by atoms with Gasteiger partial charge in [-0.15, -0.1) is 11.3 Å². The standard InChI is InChI=1S/C13H23N3OS/c1-11(13-16-7-9-18-13)10-15-6-8-17-12-2-4-14-5-3-12/h7,9,11-12,14-15H,2-6,8,10H2,1H3. The molecule has 1 atom stereocenters. The maximum absolute atomic E-state index is 5.84. The lowest BCUT2D eigenvalue weighted by Crippen LogP contribution is -2.34. The summed E-state index contributed by atoms with van der Waals surface area (Å²) < 4.78 is 5.84. The summed E-state index contributed by atoms with van der Waals surface area (Å²) in [7, 11) is 0. The zero-order valence-corrected chi connectivity index (χ0v) is 11.8. The van der Waals surface area contributed by atoms with Crippen molar-refractivity contribution in [1.82, 2.24) is 15.6 Å². The Kier molecular flexibility index (Phi) is 6.07. The van der Waals surface area contributed by atoms with Crippen LogP contribution in [0.1, 0.15) is 30.7 Å². The van der Waals surface area contributed by atoms with Gasteiger partial charge < -0.3 is 15.4 Å². The van der Waals surface area contributed by atoms with Crippen LogP contribution in [0.2, 0.25) is 0 Å². The van der Waals surface area contributed by atoms with Gasteiger partial charge in [0.15, 0.2) is 0 Å². The highest BCUT2D eigenvalue weighted by molar-refractivity contribution is 7.09. The molecule has 1 aliphatic rings. The van der Waals surface area contributed by atoms with Crippen molar-refractivity contribution in [2.24, 2.45) is 0 Å². The van der Waals surface area contributed by atoms with Gasteiger partial charge in [-0.1, -0.05) is 6.92 Å². The third-order valence-electron chi connectivity index (χ3n) is 3.24. The third-order valence-corrected chi connectivity index (χ3v) is 4.25. The Bertz CT molecular complexity index is 312. The largest absolute Gasteiger partial charge is 0.377 e. The van der Waals surface area contributed by atoms with Crippen LogP contribution in [0.15, 0.2) is 11.6 Å². The Balaban J connectivity index is 1.50. The Labute approximate surface area is 113 Å². The lowest BCUT2D eigenvalue weighted by atomic mass is 10.1. The minimum atomic E-state index is 0.462. The molecule has 0 radical (unpaired) electrons. The highest BCUT2D eigenvalue weighted by atomic mass is 32.1. The maximum Gasteiger partial charge on any atom is 0.0965 e. The van der Waals surface area contributed by atoms with Crippen LogP contribution in [-0.4, -0.2) is 43.9 Å². The smallest absolute Gasteiger partial charge is 0.0965 e. The molecule has 2 rings (SSSR count). The molecule has 1 fully saturated rings. The van der Waals surface area contributed by atoms with Gasteiger partial charge in [-0.05, 0) is 25.9 Å². The predicted molar refractivity (Wildman–Crippen MR) is 75.2 cm³/mol. The molecular formula is C13H23N3OS. The minimum Gasteiger partial charge on any atom is -0.377 e. The fourth-order valence-electron chi connectivity index (χ4n) is 2.14. The average Bonchev–Trinajstić information content (AvgIpc) is 2.93. The first kappa shape index (κ1) is 13.9. The van der Waals surface area contributed by atoms with Gasteiger partial charge in [0.25, 0.3) is 0 Å². The van der Waals surface area contributed by atoms with E-state index in [4.69, 9.17) is 4.74 Å². The van der Waals surface area contributed by atoms with Gasteiger partial charge in [-0.2, -0.15) is 0 Å². The molecule has 1 aliphatic heterocycles. The molecule has 18 heavy (non-hydrogen) atoms. The second kappa shape index (κ2) is 7.84. The Hall–Kier alpha value is -0.490. The summed E-state index contributed by atoms with van der Waals surface area (Å²) in [5.74, 6) is 0.490. The summed E-state index contributed by atoms with van der Waals surface area (Å²) in [5.41, 5.74) is 0. The molecule has 2 N–H and O–H groups in total. The monoisotopic (exact) mass is 269 g/mol. The molecular weight excluding hydrogens is 246 g/mol. The van der Waals surface area contributed by atoms with Gasteiger partial charge in [0.2, 0.25) is 0 Å². The van der Waals surface area contributed by atoms with Crippen molar-refractivity contribution < 1.29 is 4.74 Å². The number of hydrogen-bond donors (Lipinski definition) is 2. The number of piperidine rings is 1. The number of aromatic nitrogens is 1. The second-order valence-electron chi connectivity index (χ2n) is 4.80. The van der Waals surface area contributed by atoms with Gasteiger partial charge in [-0.3, -0.25) is 0 Å². The van der Waals surface area contributed by atoms with E-state index in [1.807, 2.05) is 11.6 Å². The summed E-state index contributed by atoms with van der Waals surface area (Å²) >= 11 is 1.73. The summed E-state index contributed by atoms with van der Waals surface area (Å²) in [5, 5.41) is 10.0. The number of nitrogens with zero attached hydrogens (tertiary/aromatic N) is 1. The zero-order chi connectivity index (χ0) is 12.6. The number of nitrogens with one attached hydrogen (secondary N) is 2. The van der Waals surface area contributed by atoms with E-state index < -0.39 is 0 Å². The zero-order valence-electron chi connectivity index (χ0n) is 11.0. The van der Waals surface area contributed by atoms with E-state index in [2.05, 4.69) is 22.5 Å². The van der Waals surface area contributed by atoms with E-state index in [0.29, 0.717) is 12.0 Å². The van der Waals surface area contributed by atoms with Crippen LogP contribution in [0.5, 0.6) is 0 Å². The normalized spacial score (nSPS) is 18.9. The summed E-state index contributed by atoms with van der Waals surface area (Å²) in [6, 6.07) is 0. The lowest BCUT2D eigenvalue weighted by molar-refractivity contribution is 0.0348. The molecule has 0 aliphatic carbocycles. The fourth-order valence-corrected chi connectivity index (χ4v) is 2.84.